The number of halogens is 1. The third-order valence-corrected chi connectivity index (χ3v) is 4.19. The number of ether oxygens (including phenoxy) is 1. The van der Waals surface area contributed by atoms with Crippen molar-refractivity contribution in [2.75, 3.05) is 23.8 Å². The molecule has 3 rings (SSSR count). The molecule has 0 atom stereocenters. The number of carboxylic acid groups (broad SMARTS) is 1. The Morgan fingerprint density at radius 1 is 0.968 bits per heavy atom. The summed E-state index contributed by atoms with van der Waals surface area (Å²) in [6.45, 7) is -0.778. The number of anilines is 2. The molecule has 0 aliphatic heterocycles. The molecule has 10 heteroatoms. The van der Waals surface area contributed by atoms with Crippen molar-refractivity contribution in [2.24, 2.45) is 0 Å². The van der Waals surface area contributed by atoms with Crippen LogP contribution in [0.25, 0.3) is 11.1 Å². The number of hydrogen-bond donors (Lipinski definition) is 3. The molecule has 3 aromatic rings. The predicted octanol–water partition coefficient (Wildman–Crippen LogP) is 3.24. The van der Waals surface area contributed by atoms with Gasteiger partial charge in [-0.2, -0.15) is 0 Å². The second-order valence-corrected chi connectivity index (χ2v) is 6.61. The van der Waals surface area contributed by atoms with E-state index in [1.54, 1.807) is 36.8 Å². The Morgan fingerprint density at radius 3 is 2.39 bits per heavy atom. The van der Waals surface area contributed by atoms with Crippen molar-refractivity contribution in [3.63, 3.8) is 0 Å². The second kappa shape index (κ2) is 11.7. The number of amides is 2. The summed E-state index contributed by atoms with van der Waals surface area (Å²) in [5.41, 5.74) is 2.26. The summed E-state index contributed by atoms with van der Waals surface area (Å²) in [5, 5.41) is 14.5. The van der Waals surface area contributed by atoms with Gasteiger partial charge >= 0.3 is 35.5 Å². The zero-order valence-corrected chi connectivity index (χ0v) is 16.3. The summed E-state index contributed by atoms with van der Waals surface area (Å²) in [7, 11) is 0. The predicted molar refractivity (Wildman–Crippen MR) is 118 cm³/mol. The summed E-state index contributed by atoms with van der Waals surface area (Å²) in [4.78, 5) is 35.3. The van der Waals surface area contributed by atoms with Gasteiger partial charge in [0.1, 0.15) is 13.2 Å². The molecule has 3 N–H and O–H groups in total. The molecule has 0 radical (unpaired) electrons. The minimum atomic E-state index is -1.23. The Hall–Kier alpha value is -2.62. The van der Waals surface area contributed by atoms with Crippen molar-refractivity contribution >= 4 is 70.3 Å². The number of carbonyl (C=O) groups is 3. The fourth-order valence-corrected chi connectivity index (χ4v) is 2.80. The molecule has 2 aromatic carbocycles. The Kier molecular flexibility index (Phi) is 9.29. The van der Waals surface area contributed by atoms with Gasteiger partial charge in [-0.05, 0) is 42.0 Å². The van der Waals surface area contributed by atoms with Gasteiger partial charge in [-0.1, -0.05) is 23.7 Å². The van der Waals surface area contributed by atoms with E-state index in [2.05, 4.69) is 10.6 Å². The van der Waals surface area contributed by atoms with E-state index < -0.39 is 24.4 Å². The third-order valence-electron chi connectivity index (χ3n) is 3.95. The van der Waals surface area contributed by atoms with Crippen LogP contribution in [0.5, 0.6) is 0 Å². The number of carboxylic acids is 1. The van der Waals surface area contributed by atoms with Gasteiger partial charge in [0.05, 0.1) is 23.8 Å². The molecule has 0 saturated carbocycles. The molecule has 0 aliphatic rings. The van der Waals surface area contributed by atoms with E-state index in [9.17, 15) is 19.5 Å². The number of furan rings is 1. The molecule has 2 amide bonds. The number of nitrogens with one attached hydrogen (secondary N) is 2. The Morgan fingerprint density at radius 2 is 1.71 bits per heavy atom. The van der Waals surface area contributed by atoms with Crippen LogP contribution in [0.4, 0.5) is 11.4 Å². The van der Waals surface area contributed by atoms with Crippen LogP contribution in [0.1, 0.15) is 10.4 Å². The van der Waals surface area contributed by atoms with Crippen LogP contribution >= 0.6 is 11.6 Å². The van der Waals surface area contributed by atoms with Crippen LogP contribution < -0.4 is 10.6 Å². The first kappa shape index (κ1) is 24.6. The molecule has 8 nitrogen and oxygen atoms in total. The van der Waals surface area contributed by atoms with Crippen molar-refractivity contribution in [1.82, 2.24) is 0 Å². The normalized spacial score (nSPS) is 10.1. The van der Waals surface area contributed by atoms with Crippen LogP contribution in [0.15, 0.2) is 65.5 Å². The maximum atomic E-state index is 12.1. The molecular formula is C21H18ClN2NaO6. The summed E-state index contributed by atoms with van der Waals surface area (Å²) in [5.74, 6) is -2.27. The third kappa shape index (κ3) is 7.23. The van der Waals surface area contributed by atoms with Gasteiger partial charge in [-0.3, -0.25) is 9.59 Å². The summed E-state index contributed by atoms with van der Waals surface area (Å²) >= 11 is 5.77. The molecule has 0 aliphatic carbocycles. The fraction of sp³-hybridized carbons (Fsp3) is 0.0952. The van der Waals surface area contributed by atoms with Crippen LogP contribution in [-0.4, -0.2) is 65.7 Å². The van der Waals surface area contributed by atoms with Crippen LogP contribution in [0, 0.1) is 0 Å². The van der Waals surface area contributed by atoms with E-state index in [4.69, 9.17) is 20.8 Å². The molecule has 31 heavy (non-hydrogen) atoms. The van der Waals surface area contributed by atoms with Gasteiger partial charge in [0.2, 0.25) is 11.8 Å². The average molecular weight is 453 g/mol. The van der Waals surface area contributed by atoms with Gasteiger partial charge in [0.25, 0.3) is 0 Å². The van der Waals surface area contributed by atoms with Gasteiger partial charge < -0.3 is 24.9 Å². The van der Waals surface area contributed by atoms with E-state index in [0.717, 1.165) is 11.1 Å². The zero-order valence-electron chi connectivity index (χ0n) is 15.6. The van der Waals surface area contributed by atoms with Gasteiger partial charge in [-0.25, -0.2) is 4.79 Å². The topological polar surface area (TPSA) is 118 Å². The number of rotatable bonds is 8. The van der Waals surface area contributed by atoms with E-state index in [1.165, 1.54) is 18.2 Å². The first-order valence-corrected chi connectivity index (χ1v) is 9.13. The monoisotopic (exact) mass is 452 g/mol. The van der Waals surface area contributed by atoms with E-state index >= 15 is 0 Å². The number of aromatic carboxylic acids is 1. The average Bonchev–Trinajstić information content (AvgIpc) is 3.24. The molecule has 0 unspecified atom stereocenters. The first-order chi connectivity index (χ1) is 14.4. The quantitative estimate of drug-likeness (QED) is 0.451. The molecule has 0 saturated heterocycles. The summed E-state index contributed by atoms with van der Waals surface area (Å²) < 4.78 is 10.2. The molecule has 1 aromatic heterocycles. The molecular weight excluding hydrogens is 435 g/mol. The molecule has 0 bridgehead atoms. The van der Waals surface area contributed by atoms with Crippen LogP contribution in [-0.2, 0) is 14.3 Å². The van der Waals surface area contributed by atoms with E-state index in [0.29, 0.717) is 5.69 Å². The molecule has 1 heterocycles. The van der Waals surface area contributed by atoms with Crippen LogP contribution in [0.2, 0.25) is 5.02 Å². The van der Waals surface area contributed by atoms with E-state index in [-0.39, 0.29) is 52.4 Å². The van der Waals surface area contributed by atoms with E-state index in [1.807, 2.05) is 6.07 Å². The minimum absolute atomic E-state index is 0. The summed E-state index contributed by atoms with van der Waals surface area (Å²) in [6.07, 6.45) is 3.15. The SMILES string of the molecule is O=C(COCC(=O)Nc1ccc(Cl)cc1C(=O)O)Nc1cccc(-c2ccoc2)c1.[NaH]. The van der Waals surface area contributed by atoms with Crippen molar-refractivity contribution in [1.29, 1.82) is 0 Å². The Labute approximate surface area is 204 Å². The Bertz CT molecular complexity index is 1070. The number of hydrogen-bond acceptors (Lipinski definition) is 5. The number of benzene rings is 2. The van der Waals surface area contributed by atoms with Gasteiger partial charge in [0, 0.05) is 16.3 Å². The zero-order chi connectivity index (χ0) is 21.5. The maximum absolute atomic E-state index is 12.1. The van der Waals surface area contributed by atoms with Crippen molar-refractivity contribution in [3.8, 4) is 11.1 Å². The standard InChI is InChI=1S/C21H17ClN2O6.Na.H/c22-15-4-5-18(17(9-15)21(27)28)24-20(26)12-30-11-19(25)23-16-3-1-2-13(8-16)14-6-7-29-10-14;;/h1-10H,11-12H2,(H,23,25)(H,24,26)(H,27,28);;. The number of carbonyl (C=O) groups excluding carboxylic acids is 2. The molecule has 0 spiro atoms. The fourth-order valence-electron chi connectivity index (χ4n) is 2.63. The van der Waals surface area contributed by atoms with Crippen molar-refractivity contribution < 1.29 is 28.6 Å². The molecule has 156 valence electrons. The van der Waals surface area contributed by atoms with Gasteiger partial charge in [-0.15, -0.1) is 0 Å². The van der Waals surface area contributed by atoms with Crippen molar-refractivity contribution in [3.05, 3.63) is 71.6 Å². The summed E-state index contributed by atoms with van der Waals surface area (Å²) in [6, 6.07) is 13.0. The molecule has 0 fully saturated rings. The van der Waals surface area contributed by atoms with Gasteiger partial charge in [0.15, 0.2) is 0 Å². The Balaban J connectivity index is 0.00000341. The first-order valence-electron chi connectivity index (χ1n) is 8.75. The van der Waals surface area contributed by atoms with Crippen LogP contribution in [0.3, 0.4) is 0 Å². The van der Waals surface area contributed by atoms with Crippen molar-refractivity contribution in [2.45, 2.75) is 0 Å². The second-order valence-electron chi connectivity index (χ2n) is 6.18.